The minimum atomic E-state index is -0.450. The van der Waals surface area contributed by atoms with Crippen LogP contribution >= 0.6 is 23.1 Å². The van der Waals surface area contributed by atoms with Crippen molar-refractivity contribution in [1.82, 2.24) is 0 Å². The van der Waals surface area contributed by atoms with Crippen LogP contribution < -0.4 is 11.1 Å². The molecular weight excluding hydrogens is 352 g/mol. The predicted octanol–water partition coefficient (Wildman–Crippen LogP) is 4.01. The van der Waals surface area contributed by atoms with E-state index in [4.69, 9.17) is 5.73 Å². The molecule has 0 unspecified atom stereocenters. The minimum absolute atomic E-state index is 0.111. The summed E-state index contributed by atoms with van der Waals surface area (Å²) < 4.78 is 0. The molecule has 1 aromatic heterocycles. The lowest BCUT2D eigenvalue weighted by Crippen LogP contribution is -2.20. The first-order valence-corrected chi connectivity index (χ1v) is 10.2. The van der Waals surface area contributed by atoms with Crippen LogP contribution in [-0.4, -0.2) is 17.6 Å². The zero-order valence-corrected chi connectivity index (χ0v) is 16.1. The number of thioether (sulfide) groups is 1. The van der Waals surface area contributed by atoms with Gasteiger partial charge in [-0.1, -0.05) is 24.6 Å². The van der Waals surface area contributed by atoms with Crippen molar-refractivity contribution in [2.24, 2.45) is 11.7 Å². The number of carbonyl (C=O) groups excluding carboxylic acids is 2. The van der Waals surface area contributed by atoms with Crippen LogP contribution in [0.4, 0.5) is 5.00 Å². The molecule has 1 aliphatic carbocycles. The van der Waals surface area contributed by atoms with E-state index in [-0.39, 0.29) is 5.91 Å². The third kappa shape index (κ3) is 4.25. The second-order valence-corrected chi connectivity index (χ2v) is 8.72. The number of aryl methyl sites for hydroxylation is 1. The van der Waals surface area contributed by atoms with Crippen molar-refractivity contribution < 1.29 is 9.59 Å². The van der Waals surface area contributed by atoms with Crippen molar-refractivity contribution in [3.63, 3.8) is 0 Å². The summed E-state index contributed by atoms with van der Waals surface area (Å²) in [5.74, 6) is 0.348. The van der Waals surface area contributed by atoms with Crippen LogP contribution in [0.25, 0.3) is 0 Å². The van der Waals surface area contributed by atoms with E-state index < -0.39 is 5.91 Å². The topological polar surface area (TPSA) is 72.2 Å². The molecular formula is C19H22N2O2S2. The van der Waals surface area contributed by atoms with E-state index in [9.17, 15) is 9.59 Å². The molecule has 0 radical (unpaired) electrons. The number of nitrogens with one attached hydrogen (secondary N) is 1. The van der Waals surface area contributed by atoms with Gasteiger partial charge in [0.1, 0.15) is 5.00 Å². The van der Waals surface area contributed by atoms with Crippen molar-refractivity contribution >= 4 is 39.9 Å². The van der Waals surface area contributed by atoms with Gasteiger partial charge in [0.05, 0.1) is 11.3 Å². The van der Waals surface area contributed by atoms with E-state index in [0.29, 0.717) is 22.2 Å². The lowest BCUT2D eigenvalue weighted by Gasteiger charge is -2.18. The highest BCUT2D eigenvalue weighted by atomic mass is 32.2. The first-order valence-electron chi connectivity index (χ1n) is 8.37. The SMILES string of the molecule is Cc1ccc(SCC(=O)Nc2sc3c(c2C(N)=O)CC[C@@H](C)C3)cc1. The van der Waals surface area contributed by atoms with Gasteiger partial charge in [0, 0.05) is 9.77 Å². The third-order valence-corrected chi connectivity index (χ3v) is 6.58. The molecule has 25 heavy (non-hydrogen) atoms. The third-order valence-electron chi connectivity index (χ3n) is 4.40. The molecule has 2 amide bonds. The smallest absolute Gasteiger partial charge is 0.251 e. The molecule has 1 aromatic carbocycles. The van der Waals surface area contributed by atoms with Gasteiger partial charge in [-0.05, 0) is 49.8 Å². The molecule has 2 aromatic rings. The normalized spacial score (nSPS) is 16.3. The number of hydrogen-bond donors (Lipinski definition) is 2. The molecule has 6 heteroatoms. The van der Waals surface area contributed by atoms with Crippen LogP contribution in [0, 0.1) is 12.8 Å². The quantitative estimate of drug-likeness (QED) is 0.777. The molecule has 0 saturated carbocycles. The number of carbonyl (C=O) groups is 2. The van der Waals surface area contributed by atoms with Crippen molar-refractivity contribution in [1.29, 1.82) is 0 Å². The van der Waals surface area contributed by atoms with Crippen molar-refractivity contribution in [3.05, 3.63) is 45.8 Å². The highest BCUT2D eigenvalue weighted by Gasteiger charge is 2.27. The van der Waals surface area contributed by atoms with E-state index in [1.807, 2.05) is 31.2 Å². The Morgan fingerprint density at radius 1 is 1.32 bits per heavy atom. The maximum atomic E-state index is 12.3. The van der Waals surface area contributed by atoms with Crippen molar-refractivity contribution in [2.45, 2.75) is 38.0 Å². The fraction of sp³-hybridized carbons (Fsp3) is 0.368. The van der Waals surface area contributed by atoms with Crippen LogP contribution in [0.15, 0.2) is 29.2 Å². The molecule has 132 valence electrons. The molecule has 0 spiro atoms. The number of thiophene rings is 1. The Kier molecular flexibility index (Phi) is 5.49. The predicted molar refractivity (Wildman–Crippen MR) is 105 cm³/mol. The number of primary amides is 1. The van der Waals surface area contributed by atoms with E-state index in [0.717, 1.165) is 29.7 Å². The summed E-state index contributed by atoms with van der Waals surface area (Å²) in [6.07, 6.45) is 2.87. The molecule has 3 rings (SSSR count). The van der Waals surface area contributed by atoms with Gasteiger partial charge < -0.3 is 11.1 Å². The van der Waals surface area contributed by atoms with Gasteiger partial charge >= 0.3 is 0 Å². The summed E-state index contributed by atoms with van der Waals surface area (Å²) in [5.41, 5.74) is 8.33. The van der Waals surface area contributed by atoms with Gasteiger partial charge in [0.15, 0.2) is 0 Å². The first kappa shape index (κ1) is 18.0. The number of rotatable bonds is 5. The van der Waals surface area contributed by atoms with Gasteiger partial charge in [0.2, 0.25) is 5.91 Å². The number of amides is 2. The summed E-state index contributed by atoms with van der Waals surface area (Å²) in [7, 11) is 0. The first-order chi connectivity index (χ1) is 11.9. The Labute approximate surface area is 156 Å². The molecule has 0 bridgehead atoms. The van der Waals surface area contributed by atoms with Crippen molar-refractivity contribution in [2.75, 3.05) is 11.1 Å². The van der Waals surface area contributed by atoms with Gasteiger partial charge in [-0.2, -0.15) is 0 Å². The van der Waals surface area contributed by atoms with E-state index in [2.05, 4.69) is 12.2 Å². The number of anilines is 1. The number of fused-ring (bicyclic) bond motifs is 1. The number of nitrogens with two attached hydrogens (primary N) is 1. The number of hydrogen-bond acceptors (Lipinski definition) is 4. The van der Waals surface area contributed by atoms with Crippen LogP contribution in [0.2, 0.25) is 0 Å². The van der Waals surface area contributed by atoms with Gasteiger partial charge in [-0.25, -0.2) is 0 Å². The Morgan fingerprint density at radius 3 is 2.72 bits per heavy atom. The summed E-state index contributed by atoms with van der Waals surface area (Å²) in [4.78, 5) is 26.5. The molecule has 0 aliphatic heterocycles. The number of benzene rings is 1. The lowest BCUT2D eigenvalue weighted by molar-refractivity contribution is -0.113. The summed E-state index contributed by atoms with van der Waals surface area (Å²) in [5, 5.41) is 3.52. The summed E-state index contributed by atoms with van der Waals surface area (Å²) in [6, 6.07) is 8.07. The largest absolute Gasteiger partial charge is 0.365 e. The molecule has 1 aliphatic rings. The second kappa shape index (κ2) is 7.62. The van der Waals surface area contributed by atoms with Crippen LogP contribution in [-0.2, 0) is 17.6 Å². The highest BCUT2D eigenvalue weighted by Crippen LogP contribution is 2.39. The fourth-order valence-electron chi connectivity index (χ4n) is 3.05. The maximum absolute atomic E-state index is 12.3. The molecule has 0 saturated heterocycles. The minimum Gasteiger partial charge on any atom is -0.365 e. The maximum Gasteiger partial charge on any atom is 0.251 e. The van der Waals surface area contributed by atoms with Crippen LogP contribution in [0.1, 0.15) is 39.7 Å². The van der Waals surface area contributed by atoms with Gasteiger partial charge in [-0.15, -0.1) is 23.1 Å². The van der Waals surface area contributed by atoms with E-state index in [1.54, 1.807) is 0 Å². The molecule has 0 fully saturated rings. The summed E-state index contributed by atoms with van der Waals surface area (Å²) >= 11 is 2.99. The van der Waals surface area contributed by atoms with Gasteiger partial charge in [-0.3, -0.25) is 9.59 Å². The molecule has 1 heterocycles. The Bertz CT molecular complexity index is 797. The average Bonchev–Trinajstić information content (AvgIpc) is 2.91. The van der Waals surface area contributed by atoms with E-state index in [1.165, 1.54) is 33.5 Å². The van der Waals surface area contributed by atoms with Crippen LogP contribution in [0.5, 0.6) is 0 Å². The zero-order valence-electron chi connectivity index (χ0n) is 14.4. The van der Waals surface area contributed by atoms with Gasteiger partial charge in [0.25, 0.3) is 5.91 Å². The average molecular weight is 375 g/mol. The summed E-state index contributed by atoms with van der Waals surface area (Å²) in [6.45, 7) is 4.25. The second-order valence-electron chi connectivity index (χ2n) is 6.57. The Hall–Kier alpha value is -1.79. The monoisotopic (exact) mass is 374 g/mol. The molecule has 4 nitrogen and oxygen atoms in total. The lowest BCUT2D eigenvalue weighted by atomic mass is 9.88. The molecule has 1 atom stereocenters. The Morgan fingerprint density at radius 2 is 2.04 bits per heavy atom. The van der Waals surface area contributed by atoms with Crippen LogP contribution in [0.3, 0.4) is 0 Å². The van der Waals surface area contributed by atoms with E-state index >= 15 is 0 Å². The standard InChI is InChI=1S/C19H22N2O2S2/c1-11-3-6-13(7-4-11)24-10-16(22)21-19-17(18(20)23)14-8-5-12(2)9-15(14)25-19/h3-4,6-7,12H,5,8-10H2,1-2H3,(H2,20,23)(H,21,22)/t12-/m1/s1. The highest BCUT2D eigenvalue weighted by molar-refractivity contribution is 8.00. The fourth-order valence-corrected chi connectivity index (χ4v) is 5.18. The zero-order chi connectivity index (χ0) is 18.0. The Balaban J connectivity index is 1.70. The molecule has 3 N–H and O–H groups in total. The van der Waals surface area contributed by atoms with Crippen molar-refractivity contribution in [3.8, 4) is 0 Å².